The van der Waals surface area contributed by atoms with Crippen LogP contribution < -0.4 is 10.2 Å². The Bertz CT molecular complexity index is 777. The van der Waals surface area contributed by atoms with Crippen LogP contribution in [0.5, 0.6) is 0 Å². The van der Waals surface area contributed by atoms with Crippen molar-refractivity contribution in [1.29, 1.82) is 0 Å². The molecule has 7 heteroatoms. The van der Waals surface area contributed by atoms with Crippen LogP contribution in [-0.2, 0) is 11.3 Å². The van der Waals surface area contributed by atoms with Crippen molar-refractivity contribution in [1.82, 2.24) is 15.2 Å². The van der Waals surface area contributed by atoms with Crippen molar-refractivity contribution in [3.8, 4) is 0 Å². The summed E-state index contributed by atoms with van der Waals surface area (Å²) in [6.07, 6.45) is 1.55. The number of halogens is 1. The summed E-state index contributed by atoms with van der Waals surface area (Å²) in [6.45, 7) is 4.63. The number of carbonyl (C=O) groups excluding carboxylic acids is 2. The molecule has 2 heterocycles. The van der Waals surface area contributed by atoms with Gasteiger partial charge in [-0.1, -0.05) is 23.7 Å². The van der Waals surface area contributed by atoms with Gasteiger partial charge in [0.1, 0.15) is 5.82 Å². The van der Waals surface area contributed by atoms with E-state index in [1.807, 2.05) is 41.0 Å². The van der Waals surface area contributed by atoms with E-state index in [4.69, 9.17) is 11.6 Å². The Labute approximate surface area is 157 Å². The van der Waals surface area contributed by atoms with Crippen LogP contribution in [0.4, 0.5) is 5.82 Å². The van der Waals surface area contributed by atoms with Crippen LogP contribution in [-0.4, -0.2) is 47.9 Å². The van der Waals surface area contributed by atoms with Crippen molar-refractivity contribution >= 4 is 29.2 Å². The Hall–Kier alpha value is -2.60. The average molecular weight is 373 g/mol. The lowest BCUT2D eigenvalue weighted by Gasteiger charge is -2.35. The maximum absolute atomic E-state index is 12.5. The van der Waals surface area contributed by atoms with E-state index in [0.717, 1.165) is 5.56 Å². The summed E-state index contributed by atoms with van der Waals surface area (Å²) in [5, 5.41) is 3.43. The Morgan fingerprint density at radius 2 is 1.96 bits per heavy atom. The number of aromatic nitrogens is 1. The lowest BCUT2D eigenvalue weighted by atomic mass is 10.2. The summed E-state index contributed by atoms with van der Waals surface area (Å²) in [7, 11) is 0. The van der Waals surface area contributed by atoms with Gasteiger partial charge < -0.3 is 15.1 Å². The molecule has 136 valence electrons. The predicted octanol–water partition coefficient (Wildman–Crippen LogP) is 2.33. The minimum absolute atomic E-state index is 0.0563. The van der Waals surface area contributed by atoms with Crippen molar-refractivity contribution in [3.63, 3.8) is 0 Å². The topological polar surface area (TPSA) is 65.5 Å². The Morgan fingerprint density at radius 1 is 1.19 bits per heavy atom. The first-order valence-corrected chi connectivity index (χ1v) is 8.96. The zero-order valence-corrected chi connectivity index (χ0v) is 15.4. The largest absolute Gasteiger partial charge is 0.352 e. The first-order chi connectivity index (χ1) is 12.6. The van der Waals surface area contributed by atoms with Crippen LogP contribution in [0.15, 0.2) is 42.6 Å². The smallest absolute Gasteiger partial charge is 0.252 e. The fourth-order valence-corrected chi connectivity index (χ4v) is 2.98. The third-order valence-corrected chi connectivity index (χ3v) is 4.53. The van der Waals surface area contributed by atoms with Crippen molar-refractivity contribution in [2.24, 2.45) is 0 Å². The van der Waals surface area contributed by atoms with Crippen LogP contribution in [0.2, 0.25) is 5.02 Å². The minimum Gasteiger partial charge on any atom is -0.352 e. The van der Waals surface area contributed by atoms with Crippen molar-refractivity contribution in [2.45, 2.75) is 13.5 Å². The lowest BCUT2D eigenvalue weighted by molar-refractivity contribution is -0.131. The van der Waals surface area contributed by atoms with Gasteiger partial charge in [0.15, 0.2) is 0 Å². The molecule has 1 aromatic carbocycles. The fourth-order valence-electron chi connectivity index (χ4n) is 2.85. The van der Waals surface area contributed by atoms with Gasteiger partial charge in [-0.2, -0.15) is 0 Å². The monoisotopic (exact) mass is 372 g/mol. The number of hydrogen-bond acceptors (Lipinski definition) is 4. The lowest BCUT2D eigenvalue weighted by Crippen LogP contribution is -2.50. The molecule has 0 atom stereocenters. The summed E-state index contributed by atoms with van der Waals surface area (Å²) < 4.78 is 0. The molecule has 2 amide bonds. The molecule has 2 aromatic rings. The van der Waals surface area contributed by atoms with Crippen LogP contribution in [0.3, 0.4) is 0 Å². The Morgan fingerprint density at radius 3 is 2.58 bits per heavy atom. The van der Waals surface area contributed by atoms with Crippen molar-refractivity contribution in [2.75, 3.05) is 31.1 Å². The second-order valence-electron chi connectivity index (χ2n) is 6.13. The molecule has 0 bridgehead atoms. The van der Waals surface area contributed by atoms with E-state index >= 15 is 0 Å². The van der Waals surface area contributed by atoms with Crippen LogP contribution >= 0.6 is 11.6 Å². The molecule has 1 fully saturated rings. The summed E-state index contributed by atoms with van der Waals surface area (Å²) in [5.74, 6) is 0.619. The first-order valence-electron chi connectivity index (χ1n) is 8.58. The minimum atomic E-state index is -0.143. The molecule has 0 spiro atoms. The van der Waals surface area contributed by atoms with Crippen LogP contribution in [0.25, 0.3) is 0 Å². The molecular formula is C19H21ClN4O2. The predicted molar refractivity (Wildman–Crippen MR) is 101 cm³/mol. The van der Waals surface area contributed by atoms with E-state index in [1.165, 1.54) is 0 Å². The third-order valence-electron chi connectivity index (χ3n) is 4.28. The highest BCUT2D eigenvalue weighted by Crippen LogP contribution is 2.17. The SMILES string of the molecule is CCNC(=O)c1ccc(N2CCN(Cc3ccc(Cl)cc3)C(=O)C2)nc1. The number of benzene rings is 1. The summed E-state index contributed by atoms with van der Waals surface area (Å²) in [6, 6.07) is 11.0. The highest BCUT2D eigenvalue weighted by atomic mass is 35.5. The van der Waals surface area contributed by atoms with E-state index < -0.39 is 0 Å². The van der Waals surface area contributed by atoms with E-state index in [2.05, 4.69) is 10.3 Å². The number of anilines is 1. The van der Waals surface area contributed by atoms with Gasteiger partial charge in [-0.3, -0.25) is 9.59 Å². The van der Waals surface area contributed by atoms with E-state index in [-0.39, 0.29) is 18.4 Å². The number of amides is 2. The van der Waals surface area contributed by atoms with Crippen molar-refractivity contribution in [3.05, 3.63) is 58.7 Å². The van der Waals surface area contributed by atoms with E-state index in [1.54, 1.807) is 18.3 Å². The van der Waals surface area contributed by atoms with Crippen molar-refractivity contribution < 1.29 is 9.59 Å². The second kappa shape index (κ2) is 8.19. The molecule has 26 heavy (non-hydrogen) atoms. The maximum atomic E-state index is 12.5. The zero-order chi connectivity index (χ0) is 18.5. The number of hydrogen-bond donors (Lipinski definition) is 1. The highest BCUT2D eigenvalue weighted by Gasteiger charge is 2.24. The molecule has 6 nitrogen and oxygen atoms in total. The molecule has 1 N–H and O–H groups in total. The molecule has 1 saturated heterocycles. The van der Waals surface area contributed by atoms with Gasteiger partial charge in [0, 0.05) is 37.4 Å². The molecule has 3 rings (SSSR count). The second-order valence-corrected chi connectivity index (χ2v) is 6.56. The molecule has 1 aromatic heterocycles. The molecule has 0 radical (unpaired) electrons. The van der Waals surface area contributed by atoms with Gasteiger partial charge in [0.25, 0.3) is 5.91 Å². The number of nitrogens with zero attached hydrogens (tertiary/aromatic N) is 3. The molecule has 1 aliphatic rings. The van der Waals surface area contributed by atoms with Crippen LogP contribution in [0, 0.1) is 0 Å². The zero-order valence-electron chi connectivity index (χ0n) is 14.6. The maximum Gasteiger partial charge on any atom is 0.252 e. The van der Waals surface area contributed by atoms with Gasteiger partial charge in [0.05, 0.1) is 12.1 Å². The number of carbonyl (C=O) groups is 2. The molecule has 1 aliphatic heterocycles. The van der Waals surface area contributed by atoms with Crippen LogP contribution in [0.1, 0.15) is 22.8 Å². The van der Waals surface area contributed by atoms with Gasteiger partial charge in [-0.05, 0) is 36.8 Å². The molecular weight excluding hydrogens is 352 g/mol. The number of piperazine rings is 1. The number of pyridine rings is 1. The normalized spacial score (nSPS) is 14.5. The number of rotatable bonds is 5. The Kier molecular flexibility index (Phi) is 5.73. The standard InChI is InChI=1S/C19H21ClN4O2/c1-2-21-19(26)15-5-8-17(22-11-15)23-9-10-24(18(25)13-23)12-14-3-6-16(20)7-4-14/h3-8,11H,2,9-10,12-13H2,1H3,(H,21,26). The highest BCUT2D eigenvalue weighted by molar-refractivity contribution is 6.30. The fraction of sp³-hybridized carbons (Fsp3) is 0.316. The van der Waals surface area contributed by atoms with Gasteiger partial charge >= 0.3 is 0 Å². The number of nitrogens with one attached hydrogen (secondary N) is 1. The van der Waals surface area contributed by atoms with E-state index in [9.17, 15) is 9.59 Å². The molecule has 0 aliphatic carbocycles. The summed E-state index contributed by atoms with van der Waals surface area (Å²) in [4.78, 5) is 32.4. The molecule has 0 saturated carbocycles. The van der Waals surface area contributed by atoms with Gasteiger partial charge in [0.2, 0.25) is 5.91 Å². The van der Waals surface area contributed by atoms with E-state index in [0.29, 0.717) is 42.6 Å². The third kappa shape index (κ3) is 4.32. The first kappa shape index (κ1) is 18.2. The van der Waals surface area contributed by atoms with Gasteiger partial charge in [-0.15, -0.1) is 0 Å². The summed E-state index contributed by atoms with van der Waals surface area (Å²) >= 11 is 5.90. The average Bonchev–Trinajstić information content (AvgIpc) is 2.65. The quantitative estimate of drug-likeness (QED) is 0.874. The van der Waals surface area contributed by atoms with Gasteiger partial charge in [-0.25, -0.2) is 4.98 Å². The Balaban J connectivity index is 1.60. The summed E-state index contributed by atoms with van der Waals surface area (Å²) in [5.41, 5.74) is 1.57. The molecule has 0 unspecified atom stereocenters.